The molecule has 31 heavy (non-hydrogen) atoms. The summed E-state index contributed by atoms with van der Waals surface area (Å²) < 4.78 is 10.8. The summed E-state index contributed by atoms with van der Waals surface area (Å²) in [6.45, 7) is 5.19. The van der Waals surface area contributed by atoms with E-state index in [0.29, 0.717) is 11.4 Å². The minimum atomic E-state index is -1.02. The fourth-order valence-corrected chi connectivity index (χ4v) is 3.58. The number of rotatable bonds is 5. The number of carbonyl (C=O) groups is 3. The maximum atomic E-state index is 13.1. The molecule has 1 fully saturated rings. The SMILES string of the molecule is CC(C)(C)OC(=O)N1C(=O)[C@@H](Cc2ccc(Cl)cc2)C[C@@H]1C(=O)OCc1ccccc1. The van der Waals surface area contributed by atoms with Gasteiger partial charge in [0.05, 0.1) is 0 Å². The Labute approximate surface area is 187 Å². The Hall–Kier alpha value is -2.86. The Morgan fingerprint density at radius 3 is 2.29 bits per heavy atom. The van der Waals surface area contributed by atoms with E-state index in [4.69, 9.17) is 21.1 Å². The molecule has 0 N–H and O–H groups in total. The summed E-state index contributed by atoms with van der Waals surface area (Å²) >= 11 is 5.94. The second-order valence-electron chi connectivity index (χ2n) is 8.56. The molecule has 0 saturated carbocycles. The molecule has 1 saturated heterocycles. The zero-order valence-corrected chi connectivity index (χ0v) is 18.6. The highest BCUT2D eigenvalue weighted by molar-refractivity contribution is 6.30. The standard InChI is InChI=1S/C24H26ClNO5/c1-24(2,3)31-23(29)26-20(22(28)30-15-17-7-5-4-6-8-17)14-18(21(26)27)13-16-9-11-19(25)12-10-16/h4-12,18,20H,13-15H2,1-3H3/t18-,20+/m0/s1. The lowest BCUT2D eigenvalue weighted by Crippen LogP contribution is -2.46. The van der Waals surface area contributed by atoms with Crippen molar-refractivity contribution in [3.8, 4) is 0 Å². The number of nitrogens with zero attached hydrogens (tertiary/aromatic N) is 1. The number of carbonyl (C=O) groups excluding carboxylic acids is 3. The Kier molecular flexibility index (Phi) is 7.01. The van der Waals surface area contributed by atoms with Gasteiger partial charge in [-0.05, 0) is 56.9 Å². The molecule has 2 aromatic carbocycles. The van der Waals surface area contributed by atoms with Crippen molar-refractivity contribution in [2.45, 2.75) is 51.9 Å². The normalized spacial score (nSPS) is 18.7. The predicted octanol–water partition coefficient (Wildman–Crippen LogP) is 4.78. The third kappa shape index (κ3) is 6.07. The molecule has 0 unspecified atom stereocenters. The maximum Gasteiger partial charge on any atom is 0.417 e. The Morgan fingerprint density at radius 1 is 1.03 bits per heavy atom. The first-order chi connectivity index (χ1) is 14.6. The summed E-state index contributed by atoms with van der Waals surface area (Å²) in [5.41, 5.74) is 0.913. The fraction of sp³-hybridized carbons (Fsp3) is 0.375. The van der Waals surface area contributed by atoms with Crippen molar-refractivity contribution in [1.82, 2.24) is 4.90 Å². The van der Waals surface area contributed by atoms with Crippen molar-refractivity contribution < 1.29 is 23.9 Å². The highest BCUT2D eigenvalue weighted by atomic mass is 35.5. The minimum absolute atomic E-state index is 0.0639. The number of ether oxygens (including phenoxy) is 2. The van der Waals surface area contributed by atoms with Gasteiger partial charge < -0.3 is 9.47 Å². The van der Waals surface area contributed by atoms with Crippen molar-refractivity contribution in [2.75, 3.05) is 0 Å². The van der Waals surface area contributed by atoms with Crippen LogP contribution in [-0.2, 0) is 32.1 Å². The lowest BCUT2D eigenvalue weighted by molar-refractivity contribution is -0.152. The van der Waals surface area contributed by atoms with E-state index >= 15 is 0 Å². The summed E-state index contributed by atoms with van der Waals surface area (Å²) in [6.07, 6.45) is -0.274. The van der Waals surface area contributed by atoms with Crippen LogP contribution in [0.1, 0.15) is 38.3 Å². The quantitative estimate of drug-likeness (QED) is 0.622. The summed E-state index contributed by atoms with van der Waals surface area (Å²) in [5.74, 6) is -1.60. The monoisotopic (exact) mass is 443 g/mol. The van der Waals surface area contributed by atoms with Gasteiger partial charge in [0.15, 0.2) is 0 Å². The molecular formula is C24H26ClNO5. The van der Waals surface area contributed by atoms with Gasteiger partial charge in [-0.25, -0.2) is 14.5 Å². The molecule has 2 amide bonds. The molecule has 164 valence electrons. The molecule has 0 spiro atoms. The number of hydrogen-bond donors (Lipinski definition) is 0. The van der Waals surface area contributed by atoms with Crippen LogP contribution in [0.4, 0.5) is 4.79 Å². The van der Waals surface area contributed by atoms with E-state index in [-0.39, 0.29) is 13.0 Å². The molecule has 6 nitrogen and oxygen atoms in total. The van der Waals surface area contributed by atoms with Crippen LogP contribution in [0.15, 0.2) is 54.6 Å². The largest absolute Gasteiger partial charge is 0.459 e. The number of halogens is 1. The number of imide groups is 1. The molecule has 0 radical (unpaired) electrons. The van der Waals surface area contributed by atoms with Gasteiger partial charge in [-0.15, -0.1) is 0 Å². The molecule has 0 aromatic heterocycles. The smallest absolute Gasteiger partial charge is 0.417 e. The molecule has 0 bridgehead atoms. The van der Waals surface area contributed by atoms with Gasteiger partial charge in [-0.3, -0.25) is 4.79 Å². The van der Waals surface area contributed by atoms with Crippen LogP contribution in [-0.4, -0.2) is 34.5 Å². The van der Waals surface area contributed by atoms with Gasteiger partial charge in [0.1, 0.15) is 18.2 Å². The van der Waals surface area contributed by atoms with Gasteiger partial charge in [0.2, 0.25) is 5.91 Å². The summed E-state index contributed by atoms with van der Waals surface area (Å²) in [6, 6.07) is 15.3. The third-order valence-corrected chi connectivity index (χ3v) is 5.14. The van der Waals surface area contributed by atoms with Crippen molar-refractivity contribution in [1.29, 1.82) is 0 Å². The van der Waals surface area contributed by atoms with Gasteiger partial charge >= 0.3 is 12.1 Å². The molecule has 7 heteroatoms. The molecule has 1 aliphatic heterocycles. The number of benzene rings is 2. The van der Waals surface area contributed by atoms with Gasteiger partial charge in [-0.2, -0.15) is 0 Å². The lowest BCUT2D eigenvalue weighted by atomic mass is 9.96. The lowest BCUT2D eigenvalue weighted by Gasteiger charge is -2.26. The maximum absolute atomic E-state index is 13.1. The Balaban J connectivity index is 1.77. The molecule has 1 heterocycles. The van der Waals surface area contributed by atoms with Crippen LogP contribution in [0, 0.1) is 5.92 Å². The predicted molar refractivity (Wildman–Crippen MR) is 116 cm³/mol. The van der Waals surface area contributed by atoms with Gasteiger partial charge in [-0.1, -0.05) is 54.1 Å². The van der Waals surface area contributed by atoms with Crippen LogP contribution in [0.2, 0.25) is 5.02 Å². The van der Waals surface area contributed by atoms with E-state index in [1.54, 1.807) is 32.9 Å². The van der Waals surface area contributed by atoms with Crippen molar-refractivity contribution >= 4 is 29.6 Å². The molecule has 2 atom stereocenters. The molecule has 3 rings (SSSR count). The first-order valence-corrected chi connectivity index (χ1v) is 10.5. The van der Waals surface area contributed by atoms with E-state index in [1.807, 2.05) is 42.5 Å². The first-order valence-electron chi connectivity index (χ1n) is 10.1. The van der Waals surface area contributed by atoms with E-state index in [0.717, 1.165) is 16.0 Å². The highest BCUT2D eigenvalue weighted by Crippen LogP contribution is 2.31. The van der Waals surface area contributed by atoms with Crippen LogP contribution in [0.25, 0.3) is 0 Å². The van der Waals surface area contributed by atoms with Gasteiger partial charge in [0, 0.05) is 10.9 Å². The van der Waals surface area contributed by atoms with E-state index in [2.05, 4.69) is 0 Å². The van der Waals surface area contributed by atoms with E-state index in [9.17, 15) is 14.4 Å². The number of likely N-dealkylation sites (tertiary alicyclic amines) is 1. The van der Waals surface area contributed by atoms with Crippen LogP contribution in [0.5, 0.6) is 0 Å². The van der Waals surface area contributed by atoms with E-state index < -0.39 is 35.5 Å². The highest BCUT2D eigenvalue weighted by Gasteiger charge is 2.48. The number of hydrogen-bond acceptors (Lipinski definition) is 5. The van der Waals surface area contributed by atoms with Crippen LogP contribution in [0.3, 0.4) is 0 Å². The van der Waals surface area contributed by atoms with Crippen molar-refractivity contribution in [2.24, 2.45) is 5.92 Å². The topological polar surface area (TPSA) is 72.9 Å². The Bertz CT molecular complexity index is 937. The second kappa shape index (κ2) is 9.52. The zero-order chi connectivity index (χ0) is 22.6. The summed E-state index contributed by atoms with van der Waals surface area (Å²) in [4.78, 5) is 39.6. The molecule has 2 aromatic rings. The van der Waals surface area contributed by atoms with Crippen molar-refractivity contribution in [3.63, 3.8) is 0 Å². The minimum Gasteiger partial charge on any atom is -0.459 e. The van der Waals surface area contributed by atoms with Crippen LogP contribution >= 0.6 is 11.6 Å². The van der Waals surface area contributed by atoms with Gasteiger partial charge in [0.25, 0.3) is 0 Å². The molecule has 0 aliphatic carbocycles. The summed E-state index contributed by atoms with van der Waals surface area (Å²) in [7, 11) is 0. The average molecular weight is 444 g/mol. The zero-order valence-electron chi connectivity index (χ0n) is 17.8. The third-order valence-electron chi connectivity index (χ3n) is 4.89. The molecule has 1 aliphatic rings. The number of amides is 2. The first kappa shape index (κ1) is 22.8. The second-order valence-corrected chi connectivity index (χ2v) is 9.00. The Morgan fingerprint density at radius 2 is 1.68 bits per heavy atom. The van der Waals surface area contributed by atoms with Crippen LogP contribution < -0.4 is 0 Å². The molecular weight excluding hydrogens is 418 g/mol. The average Bonchev–Trinajstić information content (AvgIpc) is 3.04. The summed E-state index contributed by atoms with van der Waals surface area (Å²) in [5, 5.41) is 0.597. The number of esters is 1. The van der Waals surface area contributed by atoms with E-state index in [1.165, 1.54) is 0 Å². The fourth-order valence-electron chi connectivity index (χ4n) is 3.46. The van der Waals surface area contributed by atoms with Crippen molar-refractivity contribution in [3.05, 3.63) is 70.7 Å².